The first-order chi connectivity index (χ1) is 7.13. The predicted molar refractivity (Wildman–Crippen MR) is 67.0 cm³/mol. The van der Waals surface area contributed by atoms with Crippen molar-refractivity contribution >= 4 is 34.1 Å². The first-order valence-electron chi connectivity index (χ1n) is 5.09. The normalized spacial score (nSPS) is 13.3. The fraction of sp³-hybridized carbons (Fsp3) is 0.333. The highest BCUT2D eigenvalue weighted by Crippen LogP contribution is 2.30. The molecule has 0 aliphatic rings. The van der Waals surface area contributed by atoms with Gasteiger partial charge in [-0.05, 0) is 31.5 Å². The molecule has 0 aliphatic heterocycles. The topological polar surface area (TPSA) is 4.93 Å². The minimum absolute atomic E-state index is 0.469. The van der Waals surface area contributed by atoms with Crippen LogP contribution in [0.5, 0.6) is 0 Å². The molecule has 0 bridgehead atoms. The Bertz CT molecular complexity index is 488. The molecule has 15 heavy (non-hydrogen) atoms. The number of nitrogens with zero attached hydrogens (tertiary/aromatic N) is 1. The van der Waals surface area contributed by atoms with Gasteiger partial charge in [0.05, 0.1) is 10.5 Å². The summed E-state index contributed by atoms with van der Waals surface area (Å²) in [6, 6.07) is 6.26. The second-order valence-electron chi connectivity index (χ2n) is 3.80. The minimum Gasteiger partial charge on any atom is -0.345 e. The molecule has 0 radical (unpaired) electrons. The lowest BCUT2D eigenvalue weighted by atomic mass is 10.2. The Labute approximate surface area is 99.6 Å². The highest BCUT2D eigenvalue weighted by molar-refractivity contribution is 6.38. The van der Waals surface area contributed by atoms with Crippen molar-refractivity contribution in [3.8, 4) is 0 Å². The summed E-state index contributed by atoms with van der Waals surface area (Å²) < 4.78 is 2.22. The Morgan fingerprint density at radius 2 is 2.07 bits per heavy atom. The summed E-state index contributed by atoms with van der Waals surface area (Å²) in [6.45, 7) is 4.36. The molecule has 3 heteroatoms. The first kappa shape index (κ1) is 10.8. The second-order valence-corrected chi connectivity index (χ2v) is 4.64. The van der Waals surface area contributed by atoms with E-state index in [1.54, 1.807) is 6.07 Å². The molecule has 0 spiro atoms. The van der Waals surface area contributed by atoms with Crippen LogP contribution in [0.4, 0.5) is 0 Å². The van der Waals surface area contributed by atoms with Crippen LogP contribution in [-0.2, 0) is 0 Å². The van der Waals surface area contributed by atoms with Gasteiger partial charge in [-0.2, -0.15) is 0 Å². The molecule has 0 aliphatic carbocycles. The molecule has 0 N–H and O–H groups in total. The minimum atomic E-state index is 0.469. The fourth-order valence-corrected chi connectivity index (χ4v) is 2.31. The van der Waals surface area contributed by atoms with Crippen LogP contribution in [0.1, 0.15) is 26.3 Å². The van der Waals surface area contributed by atoms with Crippen molar-refractivity contribution in [1.82, 2.24) is 4.57 Å². The van der Waals surface area contributed by atoms with Crippen molar-refractivity contribution in [2.75, 3.05) is 0 Å². The highest BCUT2D eigenvalue weighted by Gasteiger charge is 2.09. The first-order valence-corrected chi connectivity index (χ1v) is 5.84. The molecule has 0 amide bonds. The smallest absolute Gasteiger partial charge is 0.0514 e. The highest BCUT2D eigenvalue weighted by atomic mass is 35.5. The van der Waals surface area contributed by atoms with E-state index in [0.717, 1.165) is 22.3 Å². The fourth-order valence-electron chi connectivity index (χ4n) is 1.77. The third-order valence-electron chi connectivity index (χ3n) is 2.82. The second kappa shape index (κ2) is 4.07. The molecule has 2 rings (SSSR count). The van der Waals surface area contributed by atoms with Gasteiger partial charge in [0.1, 0.15) is 0 Å². The molecule has 1 unspecified atom stereocenters. The van der Waals surface area contributed by atoms with Crippen LogP contribution >= 0.6 is 23.2 Å². The van der Waals surface area contributed by atoms with E-state index in [1.807, 2.05) is 12.1 Å². The SMILES string of the molecule is CCC(C)n1ccc2c(Cl)cc(Cl)cc21. The number of fused-ring (bicyclic) bond motifs is 1. The maximum absolute atomic E-state index is 6.13. The number of rotatable bonds is 2. The van der Waals surface area contributed by atoms with Gasteiger partial charge in [-0.25, -0.2) is 0 Å². The largest absolute Gasteiger partial charge is 0.345 e. The van der Waals surface area contributed by atoms with Crippen molar-refractivity contribution in [3.63, 3.8) is 0 Å². The van der Waals surface area contributed by atoms with Crippen LogP contribution in [0, 0.1) is 0 Å². The molecule has 1 atom stereocenters. The molecule has 80 valence electrons. The quantitative estimate of drug-likeness (QED) is 0.704. The molecule has 1 nitrogen and oxygen atoms in total. The zero-order valence-electron chi connectivity index (χ0n) is 8.80. The van der Waals surface area contributed by atoms with Gasteiger partial charge in [0.25, 0.3) is 0 Å². The number of hydrogen-bond acceptors (Lipinski definition) is 0. The Kier molecular flexibility index (Phi) is 2.94. The lowest BCUT2D eigenvalue weighted by Crippen LogP contribution is -2.01. The summed E-state index contributed by atoms with van der Waals surface area (Å²) in [5.41, 5.74) is 1.11. The number of benzene rings is 1. The van der Waals surface area contributed by atoms with E-state index in [0.29, 0.717) is 11.1 Å². The molecule has 0 fully saturated rings. The average molecular weight is 242 g/mol. The van der Waals surface area contributed by atoms with Gasteiger partial charge in [-0.15, -0.1) is 0 Å². The van der Waals surface area contributed by atoms with Gasteiger partial charge < -0.3 is 4.57 Å². The van der Waals surface area contributed by atoms with Crippen LogP contribution in [-0.4, -0.2) is 4.57 Å². The van der Waals surface area contributed by atoms with Crippen LogP contribution < -0.4 is 0 Å². The Morgan fingerprint density at radius 1 is 1.33 bits per heavy atom. The maximum Gasteiger partial charge on any atom is 0.0514 e. The summed E-state index contributed by atoms with van der Waals surface area (Å²) in [5.74, 6) is 0. The third-order valence-corrected chi connectivity index (χ3v) is 3.35. The van der Waals surface area contributed by atoms with Crippen molar-refractivity contribution in [2.45, 2.75) is 26.3 Å². The monoisotopic (exact) mass is 241 g/mol. The van der Waals surface area contributed by atoms with Crippen LogP contribution in [0.25, 0.3) is 10.9 Å². The van der Waals surface area contributed by atoms with Crippen LogP contribution in [0.15, 0.2) is 24.4 Å². The molecule has 1 aromatic heterocycles. The molecule has 0 saturated heterocycles. The van der Waals surface area contributed by atoms with E-state index in [-0.39, 0.29) is 0 Å². The van der Waals surface area contributed by atoms with Gasteiger partial charge >= 0.3 is 0 Å². The summed E-state index contributed by atoms with van der Waals surface area (Å²) in [7, 11) is 0. The Balaban J connectivity index is 2.68. The van der Waals surface area contributed by atoms with Gasteiger partial charge in [-0.3, -0.25) is 0 Å². The zero-order chi connectivity index (χ0) is 11.0. The van der Waals surface area contributed by atoms with E-state index >= 15 is 0 Å². The number of halogens is 2. The molecule has 1 aromatic carbocycles. The van der Waals surface area contributed by atoms with Gasteiger partial charge in [0.15, 0.2) is 0 Å². The standard InChI is InChI=1S/C12H13Cl2N/c1-3-8(2)15-5-4-10-11(14)6-9(13)7-12(10)15/h4-8H,3H2,1-2H3. The number of hydrogen-bond donors (Lipinski definition) is 0. The average Bonchev–Trinajstić information content (AvgIpc) is 2.60. The molecule has 1 heterocycles. The maximum atomic E-state index is 6.13. The molecule has 0 saturated carbocycles. The van der Waals surface area contributed by atoms with Gasteiger partial charge in [-0.1, -0.05) is 30.1 Å². The van der Waals surface area contributed by atoms with E-state index < -0.39 is 0 Å². The summed E-state index contributed by atoms with van der Waals surface area (Å²) in [4.78, 5) is 0. The van der Waals surface area contributed by atoms with Crippen molar-refractivity contribution in [2.24, 2.45) is 0 Å². The molecular formula is C12H13Cl2N. The van der Waals surface area contributed by atoms with Crippen molar-refractivity contribution in [1.29, 1.82) is 0 Å². The summed E-state index contributed by atoms with van der Waals surface area (Å²) >= 11 is 12.1. The van der Waals surface area contributed by atoms with E-state index in [9.17, 15) is 0 Å². The zero-order valence-corrected chi connectivity index (χ0v) is 10.3. The lowest BCUT2D eigenvalue weighted by molar-refractivity contribution is 0.548. The lowest BCUT2D eigenvalue weighted by Gasteiger charge is -2.13. The van der Waals surface area contributed by atoms with Crippen molar-refractivity contribution in [3.05, 3.63) is 34.4 Å². The van der Waals surface area contributed by atoms with Crippen molar-refractivity contribution < 1.29 is 0 Å². The van der Waals surface area contributed by atoms with E-state index in [2.05, 4.69) is 24.6 Å². The number of aromatic nitrogens is 1. The summed E-state index contributed by atoms with van der Waals surface area (Å²) in [5, 5.41) is 2.48. The summed E-state index contributed by atoms with van der Waals surface area (Å²) in [6.07, 6.45) is 3.16. The van der Waals surface area contributed by atoms with E-state index in [4.69, 9.17) is 23.2 Å². The van der Waals surface area contributed by atoms with Crippen LogP contribution in [0.3, 0.4) is 0 Å². The van der Waals surface area contributed by atoms with Gasteiger partial charge in [0.2, 0.25) is 0 Å². The Morgan fingerprint density at radius 3 is 2.73 bits per heavy atom. The Hall–Kier alpha value is -0.660. The molecular weight excluding hydrogens is 229 g/mol. The van der Waals surface area contributed by atoms with Crippen LogP contribution in [0.2, 0.25) is 10.0 Å². The van der Waals surface area contributed by atoms with Gasteiger partial charge in [0, 0.05) is 22.6 Å². The molecule has 2 aromatic rings. The van der Waals surface area contributed by atoms with E-state index in [1.165, 1.54) is 0 Å². The third kappa shape index (κ3) is 1.86. The predicted octanol–water partition coefficient (Wildman–Crippen LogP) is 4.92.